The lowest BCUT2D eigenvalue weighted by Crippen LogP contribution is -2.55. The Morgan fingerprint density at radius 3 is 2.28 bits per heavy atom. The Balaban J connectivity index is 1.36. The van der Waals surface area contributed by atoms with E-state index in [0.29, 0.717) is 55.1 Å². The van der Waals surface area contributed by atoms with E-state index in [2.05, 4.69) is 10.6 Å². The molecular formula is C29H30F2N4O4. The van der Waals surface area contributed by atoms with E-state index < -0.39 is 29.7 Å². The number of piperazine rings is 1. The maximum atomic E-state index is 13.6. The Morgan fingerprint density at radius 1 is 1.00 bits per heavy atom. The van der Waals surface area contributed by atoms with Crippen LogP contribution in [-0.2, 0) is 4.79 Å². The highest BCUT2D eigenvalue weighted by Gasteiger charge is 2.49. The van der Waals surface area contributed by atoms with Gasteiger partial charge in [0.1, 0.15) is 17.4 Å². The van der Waals surface area contributed by atoms with Crippen molar-refractivity contribution >= 4 is 23.3 Å². The molecule has 3 atom stereocenters. The summed E-state index contributed by atoms with van der Waals surface area (Å²) in [4.78, 5) is 29.0. The van der Waals surface area contributed by atoms with Gasteiger partial charge >= 0.3 is 6.03 Å². The lowest BCUT2D eigenvalue weighted by atomic mass is 9.78. The molecule has 0 saturated carbocycles. The first-order valence-corrected chi connectivity index (χ1v) is 12.9. The number of β-lactam (4-membered cyclic amide) rings is 1. The van der Waals surface area contributed by atoms with Crippen molar-refractivity contribution in [3.05, 3.63) is 89.5 Å². The van der Waals surface area contributed by atoms with Crippen LogP contribution in [0.4, 0.5) is 25.0 Å². The normalized spacial score (nSPS) is 19.9. The minimum atomic E-state index is -0.893. The van der Waals surface area contributed by atoms with Crippen LogP contribution in [0, 0.1) is 17.6 Å². The number of hydrogen-bond acceptors (Lipinski definition) is 5. The Bertz CT molecular complexity index is 1330. The minimum Gasteiger partial charge on any atom is -0.508 e. The highest BCUT2D eigenvalue weighted by Crippen LogP contribution is 2.49. The van der Waals surface area contributed by atoms with Gasteiger partial charge in [-0.3, -0.25) is 4.79 Å². The lowest BCUT2D eigenvalue weighted by Gasteiger charge is -2.48. The van der Waals surface area contributed by atoms with E-state index in [1.165, 1.54) is 59.5 Å². The van der Waals surface area contributed by atoms with Crippen LogP contribution in [0.1, 0.15) is 36.1 Å². The topological polar surface area (TPSA) is 105 Å². The summed E-state index contributed by atoms with van der Waals surface area (Å²) >= 11 is 0. The van der Waals surface area contributed by atoms with Gasteiger partial charge in [0, 0.05) is 49.2 Å². The van der Waals surface area contributed by atoms with Crippen LogP contribution in [-0.4, -0.2) is 53.2 Å². The Labute approximate surface area is 224 Å². The van der Waals surface area contributed by atoms with Crippen LogP contribution in [0.15, 0.2) is 66.7 Å². The van der Waals surface area contributed by atoms with E-state index in [-0.39, 0.29) is 24.1 Å². The molecule has 3 aromatic carbocycles. The van der Waals surface area contributed by atoms with E-state index in [9.17, 15) is 28.6 Å². The van der Waals surface area contributed by atoms with Crippen LogP contribution in [0.3, 0.4) is 0 Å². The van der Waals surface area contributed by atoms with Gasteiger partial charge in [0.05, 0.1) is 18.1 Å². The number of carbonyl (C=O) groups excluding carboxylic acids is 2. The van der Waals surface area contributed by atoms with Gasteiger partial charge in [-0.15, -0.1) is 0 Å². The monoisotopic (exact) mass is 536 g/mol. The summed E-state index contributed by atoms with van der Waals surface area (Å²) in [7, 11) is 0. The molecular weight excluding hydrogens is 506 g/mol. The average Bonchev–Trinajstić information content (AvgIpc) is 2.94. The molecule has 2 aliphatic heterocycles. The summed E-state index contributed by atoms with van der Waals surface area (Å²) in [6.45, 7) is 2.59. The zero-order valence-electron chi connectivity index (χ0n) is 21.2. The predicted octanol–water partition coefficient (Wildman–Crippen LogP) is 4.33. The Hall–Kier alpha value is -4.02. The molecule has 2 saturated heterocycles. The standard InChI is InChI=1S/C29H30F2N4O4/c30-19-3-1-18(2-4-19)25(36)12-11-24-27(35(28(24)38)22-8-5-20(31)6-9-22)23-10-7-21(17-26(23)37)33-29(39)34-15-13-32-14-16-34/h1-10,17,24-25,27,32,36-37H,11-16H2,(H,33,39)/t24-,25+,27-/m1/s1. The number of aliphatic hydroxyl groups is 1. The zero-order chi connectivity index (χ0) is 27.5. The number of carbonyl (C=O) groups is 2. The lowest BCUT2D eigenvalue weighted by molar-refractivity contribution is -0.131. The largest absolute Gasteiger partial charge is 0.508 e. The Morgan fingerprint density at radius 2 is 1.64 bits per heavy atom. The van der Waals surface area contributed by atoms with Crippen molar-refractivity contribution in [2.75, 3.05) is 36.4 Å². The number of anilines is 2. The number of urea groups is 1. The number of benzene rings is 3. The predicted molar refractivity (Wildman–Crippen MR) is 142 cm³/mol. The molecule has 2 fully saturated rings. The highest BCUT2D eigenvalue weighted by molar-refractivity contribution is 6.03. The fourth-order valence-corrected chi connectivity index (χ4v) is 5.21. The molecule has 3 aromatic rings. The number of aliphatic hydroxyl groups excluding tert-OH is 1. The minimum absolute atomic E-state index is 0.0956. The number of aromatic hydroxyl groups is 1. The van der Waals surface area contributed by atoms with Crippen molar-refractivity contribution in [1.29, 1.82) is 0 Å². The number of hydrogen-bond donors (Lipinski definition) is 4. The van der Waals surface area contributed by atoms with Gasteiger partial charge in [-0.1, -0.05) is 18.2 Å². The van der Waals surface area contributed by atoms with Crippen molar-refractivity contribution in [3.8, 4) is 5.75 Å². The zero-order valence-corrected chi connectivity index (χ0v) is 21.2. The van der Waals surface area contributed by atoms with Crippen LogP contribution >= 0.6 is 0 Å². The summed E-state index contributed by atoms with van der Waals surface area (Å²) in [6.07, 6.45) is -0.342. The number of rotatable bonds is 7. The molecule has 0 aromatic heterocycles. The first-order chi connectivity index (χ1) is 18.8. The molecule has 0 unspecified atom stereocenters. The molecule has 2 aliphatic rings. The van der Waals surface area contributed by atoms with E-state index in [1.807, 2.05) is 0 Å². The number of nitrogens with one attached hydrogen (secondary N) is 2. The van der Waals surface area contributed by atoms with Gasteiger partial charge in [0.25, 0.3) is 0 Å². The quantitative estimate of drug-likeness (QED) is 0.337. The average molecular weight is 537 g/mol. The molecule has 10 heteroatoms. The molecule has 0 aliphatic carbocycles. The second-order valence-corrected chi connectivity index (χ2v) is 9.82. The van der Waals surface area contributed by atoms with E-state index in [0.717, 1.165) is 0 Å². The maximum Gasteiger partial charge on any atom is 0.321 e. The molecule has 0 bridgehead atoms. The van der Waals surface area contributed by atoms with Crippen molar-refractivity contribution in [1.82, 2.24) is 10.2 Å². The van der Waals surface area contributed by atoms with Gasteiger partial charge in [-0.2, -0.15) is 0 Å². The third-order valence-electron chi connectivity index (χ3n) is 7.33. The molecule has 8 nitrogen and oxygen atoms in total. The Kier molecular flexibility index (Phi) is 7.76. The van der Waals surface area contributed by atoms with Gasteiger partial charge in [-0.05, 0) is 60.9 Å². The summed E-state index contributed by atoms with van der Waals surface area (Å²) in [5, 5.41) is 27.6. The number of nitrogens with zero attached hydrogens (tertiary/aromatic N) is 2. The van der Waals surface area contributed by atoms with Crippen LogP contribution in [0.2, 0.25) is 0 Å². The molecule has 204 valence electrons. The first kappa shape index (κ1) is 26.6. The molecule has 5 rings (SSSR count). The second-order valence-electron chi connectivity index (χ2n) is 9.82. The highest BCUT2D eigenvalue weighted by atomic mass is 19.1. The third kappa shape index (κ3) is 5.71. The fourth-order valence-electron chi connectivity index (χ4n) is 5.21. The third-order valence-corrected chi connectivity index (χ3v) is 7.33. The van der Waals surface area contributed by atoms with Crippen LogP contribution < -0.4 is 15.5 Å². The summed E-state index contributed by atoms with van der Waals surface area (Å²) in [6, 6.07) is 15.0. The smallest absolute Gasteiger partial charge is 0.321 e. The molecule has 3 amide bonds. The summed E-state index contributed by atoms with van der Waals surface area (Å²) in [5.74, 6) is -1.71. The van der Waals surface area contributed by atoms with Crippen molar-refractivity contribution in [3.63, 3.8) is 0 Å². The van der Waals surface area contributed by atoms with Gasteiger partial charge < -0.3 is 30.6 Å². The summed E-state index contributed by atoms with van der Waals surface area (Å²) < 4.78 is 26.8. The van der Waals surface area contributed by atoms with E-state index in [1.54, 1.807) is 17.0 Å². The number of amides is 3. The second kappa shape index (κ2) is 11.4. The number of phenols is 1. The van der Waals surface area contributed by atoms with E-state index in [4.69, 9.17) is 0 Å². The van der Waals surface area contributed by atoms with Crippen LogP contribution in [0.5, 0.6) is 5.75 Å². The summed E-state index contributed by atoms with van der Waals surface area (Å²) in [5.41, 5.74) is 1.92. The van der Waals surface area contributed by atoms with Gasteiger partial charge in [0.2, 0.25) is 5.91 Å². The van der Waals surface area contributed by atoms with Crippen molar-refractivity contribution in [2.45, 2.75) is 25.0 Å². The van der Waals surface area contributed by atoms with Gasteiger partial charge in [-0.25, -0.2) is 13.6 Å². The van der Waals surface area contributed by atoms with E-state index >= 15 is 0 Å². The molecule has 4 N–H and O–H groups in total. The van der Waals surface area contributed by atoms with Crippen LogP contribution in [0.25, 0.3) is 0 Å². The van der Waals surface area contributed by atoms with Crippen molar-refractivity contribution in [2.24, 2.45) is 5.92 Å². The van der Waals surface area contributed by atoms with Crippen molar-refractivity contribution < 1.29 is 28.6 Å². The number of phenolic OH excluding ortho intramolecular Hbond substituents is 1. The SMILES string of the molecule is O=C(Nc1ccc([C@@H]2[C@@H](CC[C@H](O)c3ccc(F)cc3)C(=O)N2c2ccc(F)cc2)c(O)c1)N1CCNCC1. The molecule has 0 spiro atoms. The molecule has 39 heavy (non-hydrogen) atoms. The molecule has 2 heterocycles. The molecule has 0 radical (unpaired) electrons. The maximum absolute atomic E-state index is 13.6. The van der Waals surface area contributed by atoms with Gasteiger partial charge in [0.15, 0.2) is 0 Å². The first-order valence-electron chi connectivity index (χ1n) is 12.9. The fraction of sp³-hybridized carbons (Fsp3) is 0.310. The number of halogens is 2.